The van der Waals surface area contributed by atoms with E-state index in [1.165, 1.54) is 0 Å². The van der Waals surface area contributed by atoms with Crippen LogP contribution in [0.15, 0.2) is 18.2 Å². The van der Waals surface area contributed by atoms with Crippen LogP contribution in [0.3, 0.4) is 0 Å². The molecule has 96 valence electrons. The van der Waals surface area contributed by atoms with Gasteiger partial charge in [-0.3, -0.25) is 0 Å². The smallest absolute Gasteiger partial charge is 0.339 e. The van der Waals surface area contributed by atoms with Crippen LogP contribution in [0.5, 0.6) is 0 Å². The van der Waals surface area contributed by atoms with Crippen molar-refractivity contribution >= 4 is 23.3 Å². The fourth-order valence-electron chi connectivity index (χ4n) is 1.76. The number of nitriles is 1. The zero-order valence-electron chi connectivity index (χ0n) is 10.4. The van der Waals surface area contributed by atoms with Crippen molar-refractivity contribution in [1.29, 1.82) is 5.26 Å². The molecule has 0 radical (unpaired) electrons. The second-order valence-corrected chi connectivity index (χ2v) is 4.42. The summed E-state index contributed by atoms with van der Waals surface area (Å²) >= 11 is 5.92. The molecule has 0 saturated carbocycles. The van der Waals surface area contributed by atoms with Gasteiger partial charge in [0.15, 0.2) is 0 Å². The summed E-state index contributed by atoms with van der Waals surface area (Å²) in [6, 6.07) is 7.12. The van der Waals surface area contributed by atoms with Gasteiger partial charge in [-0.15, -0.1) is 0 Å². The van der Waals surface area contributed by atoms with Gasteiger partial charge in [0.2, 0.25) is 0 Å². The molecule has 4 nitrogen and oxygen atoms in total. The van der Waals surface area contributed by atoms with Crippen molar-refractivity contribution in [2.24, 2.45) is 5.92 Å². The minimum absolute atomic E-state index is 0.0890. The van der Waals surface area contributed by atoms with E-state index in [4.69, 9.17) is 16.9 Å². The highest BCUT2D eigenvalue weighted by Gasteiger charge is 2.19. The Balaban J connectivity index is 3.18. The molecule has 18 heavy (non-hydrogen) atoms. The number of carboxylic acid groups (broad SMARTS) is 1. The minimum atomic E-state index is -1.06. The van der Waals surface area contributed by atoms with Crippen LogP contribution in [0.1, 0.15) is 24.2 Å². The van der Waals surface area contributed by atoms with E-state index in [2.05, 4.69) is 6.07 Å². The Labute approximate surface area is 111 Å². The molecule has 5 heteroatoms. The molecule has 0 saturated heterocycles. The summed E-state index contributed by atoms with van der Waals surface area (Å²) in [6.07, 6.45) is 0. The highest BCUT2D eigenvalue weighted by atomic mass is 35.5. The van der Waals surface area contributed by atoms with E-state index in [9.17, 15) is 9.90 Å². The van der Waals surface area contributed by atoms with Crippen molar-refractivity contribution in [1.82, 2.24) is 0 Å². The Kier molecular flexibility index (Phi) is 4.99. The highest BCUT2D eigenvalue weighted by Crippen LogP contribution is 2.28. The molecule has 1 aromatic carbocycles. The first-order chi connectivity index (χ1) is 8.51. The summed E-state index contributed by atoms with van der Waals surface area (Å²) in [7, 11) is 0. The molecule has 0 aliphatic carbocycles. The van der Waals surface area contributed by atoms with E-state index in [0.29, 0.717) is 18.8 Å². The van der Waals surface area contributed by atoms with E-state index in [-0.39, 0.29) is 16.5 Å². The van der Waals surface area contributed by atoms with Crippen LogP contribution in [0.4, 0.5) is 5.69 Å². The van der Waals surface area contributed by atoms with Crippen LogP contribution in [0.25, 0.3) is 0 Å². The van der Waals surface area contributed by atoms with Gasteiger partial charge in [0.1, 0.15) is 5.56 Å². The lowest BCUT2D eigenvalue weighted by molar-refractivity contribution is 0.0697. The summed E-state index contributed by atoms with van der Waals surface area (Å²) in [5.41, 5.74) is 0.644. The van der Waals surface area contributed by atoms with Gasteiger partial charge in [-0.2, -0.15) is 5.26 Å². The van der Waals surface area contributed by atoms with Crippen molar-refractivity contribution in [3.05, 3.63) is 28.8 Å². The maximum atomic E-state index is 11.2. The van der Waals surface area contributed by atoms with Gasteiger partial charge >= 0.3 is 5.97 Å². The van der Waals surface area contributed by atoms with Crippen LogP contribution in [0, 0.1) is 17.2 Å². The SMILES string of the molecule is CCN(CC(C)C#N)c1cccc(Cl)c1C(=O)O. The average molecular weight is 267 g/mol. The highest BCUT2D eigenvalue weighted by molar-refractivity contribution is 6.34. The number of hydrogen-bond acceptors (Lipinski definition) is 3. The first-order valence-corrected chi connectivity index (χ1v) is 6.05. The van der Waals surface area contributed by atoms with Gasteiger partial charge in [0.05, 0.1) is 22.7 Å². The topological polar surface area (TPSA) is 64.3 Å². The molecular formula is C13H15ClN2O2. The van der Waals surface area contributed by atoms with Crippen molar-refractivity contribution in [3.63, 3.8) is 0 Å². The lowest BCUT2D eigenvalue weighted by Crippen LogP contribution is -2.29. The van der Waals surface area contributed by atoms with Crippen molar-refractivity contribution in [2.75, 3.05) is 18.0 Å². The third-order valence-electron chi connectivity index (χ3n) is 2.64. The van der Waals surface area contributed by atoms with Gasteiger partial charge in [0.25, 0.3) is 0 Å². The third-order valence-corrected chi connectivity index (χ3v) is 2.96. The Morgan fingerprint density at radius 1 is 1.61 bits per heavy atom. The van der Waals surface area contributed by atoms with Gasteiger partial charge in [-0.25, -0.2) is 4.79 Å². The molecule has 1 N–H and O–H groups in total. The van der Waals surface area contributed by atoms with Crippen molar-refractivity contribution in [2.45, 2.75) is 13.8 Å². The van der Waals surface area contributed by atoms with Gasteiger partial charge in [0, 0.05) is 13.1 Å². The zero-order chi connectivity index (χ0) is 13.7. The standard InChI is InChI=1S/C13H15ClN2O2/c1-3-16(8-9(2)7-15)11-6-4-5-10(14)12(11)13(17)18/h4-6,9H,3,8H2,1-2H3,(H,17,18). The molecule has 0 heterocycles. The second kappa shape index (κ2) is 6.27. The van der Waals surface area contributed by atoms with Crippen molar-refractivity contribution in [3.8, 4) is 6.07 Å². The fraction of sp³-hybridized carbons (Fsp3) is 0.385. The number of aromatic carboxylic acids is 1. The summed E-state index contributed by atoms with van der Waals surface area (Å²) in [6.45, 7) is 4.81. The van der Waals surface area contributed by atoms with Crippen LogP contribution in [-0.2, 0) is 0 Å². The molecule has 0 bridgehead atoms. The lowest BCUT2D eigenvalue weighted by Gasteiger charge is -2.26. The molecule has 0 fully saturated rings. The van der Waals surface area contributed by atoms with Crippen LogP contribution in [0.2, 0.25) is 5.02 Å². The lowest BCUT2D eigenvalue weighted by atomic mass is 10.1. The minimum Gasteiger partial charge on any atom is -0.478 e. The van der Waals surface area contributed by atoms with Crippen LogP contribution >= 0.6 is 11.6 Å². The number of halogens is 1. The average Bonchev–Trinajstić information content (AvgIpc) is 2.34. The molecule has 1 rings (SSSR count). The van der Waals surface area contributed by atoms with Crippen LogP contribution in [-0.4, -0.2) is 24.2 Å². The number of carboxylic acids is 1. The molecule has 0 aromatic heterocycles. The third kappa shape index (κ3) is 3.14. The normalized spacial score (nSPS) is 11.7. The number of hydrogen-bond donors (Lipinski definition) is 1. The first kappa shape index (κ1) is 14.3. The van der Waals surface area contributed by atoms with E-state index in [1.807, 2.05) is 11.8 Å². The van der Waals surface area contributed by atoms with Gasteiger partial charge in [-0.05, 0) is 26.0 Å². The Hall–Kier alpha value is -1.73. The molecule has 0 aliphatic heterocycles. The summed E-state index contributed by atoms with van der Waals surface area (Å²) < 4.78 is 0. The summed E-state index contributed by atoms with van der Waals surface area (Å²) in [5.74, 6) is -1.23. The molecule has 0 spiro atoms. The number of rotatable bonds is 5. The Morgan fingerprint density at radius 2 is 2.28 bits per heavy atom. The largest absolute Gasteiger partial charge is 0.478 e. The van der Waals surface area contributed by atoms with E-state index in [1.54, 1.807) is 25.1 Å². The summed E-state index contributed by atoms with van der Waals surface area (Å²) in [4.78, 5) is 13.1. The van der Waals surface area contributed by atoms with Gasteiger partial charge < -0.3 is 10.0 Å². The van der Waals surface area contributed by atoms with E-state index < -0.39 is 5.97 Å². The molecule has 0 aliphatic rings. The molecule has 1 aromatic rings. The maximum Gasteiger partial charge on any atom is 0.339 e. The molecule has 1 atom stereocenters. The monoisotopic (exact) mass is 266 g/mol. The number of benzene rings is 1. The van der Waals surface area contributed by atoms with Crippen LogP contribution < -0.4 is 4.90 Å². The zero-order valence-corrected chi connectivity index (χ0v) is 11.1. The predicted molar refractivity (Wildman–Crippen MR) is 71.1 cm³/mol. The maximum absolute atomic E-state index is 11.2. The first-order valence-electron chi connectivity index (χ1n) is 5.67. The number of nitrogens with zero attached hydrogens (tertiary/aromatic N) is 2. The Bertz CT molecular complexity index is 482. The predicted octanol–water partition coefficient (Wildman–Crippen LogP) is 3.02. The molecular weight excluding hydrogens is 252 g/mol. The Morgan fingerprint density at radius 3 is 2.78 bits per heavy atom. The second-order valence-electron chi connectivity index (χ2n) is 4.01. The van der Waals surface area contributed by atoms with E-state index >= 15 is 0 Å². The van der Waals surface area contributed by atoms with Crippen molar-refractivity contribution < 1.29 is 9.90 Å². The molecule has 1 unspecified atom stereocenters. The number of carbonyl (C=O) groups is 1. The fourth-order valence-corrected chi connectivity index (χ4v) is 2.01. The van der Waals surface area contributed by atoms with E-state index in [0.717, 1.165) is 0 Å². The van der Waals surface area contributed by atoms with Gasteiger partial charge in [-0.1, -0.05) is 17.7 Å². The quantitative estimate of drug-likeness (QED) is 0.890. The summed E-state index contributed by atoms with van der Waals surface area (Å²) in [5, 5.41) is 18.3. The molecule has 0 amide bonds. The number of anilines is 1.